The Kier molecular flexibility index (Phi) is 5.28. The molecule has 1 amide bonds. The maximum atomic E-state index is 12.6. The Morgan fingerprint density at radius 1 is 1.29 bits per heavy atom. The maximum absolute atomic E-state index is 12.6. The van der Waals surface area contributed by atoms with Crippen LogP contribution in [0.5, 0.6) is 0 Å². The summed E-state index contributed by atoms with van der Waals surface area (Å²) >= 11 is 0. The second-order valence-electron chi connectivity index (χ2n) is 7.35. The Labute approximate surface area is 129 Å². The molecular weight excluding hydrogens is 264 g/mol. The van der Waals surface area contributed by atoms with Crippen molar-refractivity contribution in [2.75, 3.05) is 52.9 Å². The lowest BCUT2D eigenvalue weighted by Gasteiger charge is -2.43. The molecule has 2 N–H and O–H groups in total. The van der Waals surface area contributed by atoms with Crippen molar-refractivity contribution in [2.24, 2.45) is 5.41 Å². The molecule has 0 spiro atoms. The van der Waals surface area contributed by atoms with Crippen LogP contribution in [0.25, 0.3) is 0 Å². The molecule has 2 aliphatic rings. The number of nitrogens with zero attached hydrogens (tertiary/aromatic N) is 2. The van der Waals surface area contributed by atoms with Gasteiger partial charge in [-0.05, 0) is 40.3 Å². The van der Waals surface area contributed by atoms with Crippen LogP contribution in [0.15, 0.2) is 0 Å². The Balaban J connectivity index is 1.87. The number of amides is 1. The summed E-state index contributed by atoms with van der Waals surface area (Å²) < 4.78 is 0. The molecule has 0 saturated carbocycles. The number of likely N-dealkylation sites (N-methyl/N-ethyl adjacent to an activating group) is 1. The van der Waals surface area contributed by atoms with E-state index in [9.17, 15) is 4.79 Å². The maximum Gasteiger partial charge on any atom is 0.227 e. The highest BCUT2D eigenvalue weighted by Gasteiger charge is 2.40. The highest BCUT2D eigenvalue weighted by Crippen LogP contribution is 2.29. The van der Waals surface area contributed by atoms with Gasteiger partial charge in [-0.15, -0.1) is 0 Å². The molecule has 0 aromatic rings. The molecule has 2 aliphatic heterocycles. The number of hydrogen-bond acceptors (Lipinski definition) is 4. The van der Waals surface area contributed by atoms with Gasteiger partial charge in [0.15, 0.2) is 0 Å². The fourth-order valence-electron chi connectivity index (χ4n) is 3.41. The SMILES string of the molecule is CCC1(C(=O)NCC(C)(C)N2CCN(C)CC2)CCNC1. The van der Waals surface area contributed by atoms with Gasteiger partial charge < -0.3 is 15.5 Å². The second-order valence-corrected chi connectivity index (χ2v) is 7.35. The van der Waals surface area contributed by atoms with Crippen LogP contribution in [0.3, 0.4) is 0 Å². The molecular formula is C16H32N4O. The number of rotatable bonds is 5. The summed E-state index contributed by atoms with van der Waals surface area (Å²) in [7, 11) is 2.17. The topological polar surface area (TPSA) is 47.6 Å². The highest BCUT2D eigenvalue weighted by molar-refractivity contribution is 5.83. The summed E-state index contributed by atoms with van der Waals surface area (Å²) in [6.07, 6.45) is 1.88. The Hall–Kier alpha value is -0.650. The van der Waals surface area contributed by atoms with Crippen molar-refractivity contribution in [2.45, 2.75) is 39.2 Å². The van der Waals surface area contributed by atoms with Crippen molar-refractivity contribution in [1.29, 1.82) is 0 Å². The van der Waals surface area contributed by atoms with E-state index in [1.807, 2.05) is 0 Å². The van der Waals surface area contributed by atoms with Crippen molar-refractivity contribution in [3.63, 3.8) is 0 Å². The van der Waals surface area contributed by atoms with E-state index < -0.39 is 0 Å². The zero-order chi connectivity index (χ0) is 15.5. The summed E-state index contributed by atoms with van der Waals surface area (Å²) in [5.74, 6) is 0.234. The molecule has 2 rings (SSSR count). The fourth-order valence-corrected chi connectivity index (χ4v) is 3.41. The smallest absolute Gasteiger partial charge is 0.227 e. The third-order valence-corrected chi connectivity index (χ3v) is 5.44. The van der Waals surface area contributed by atoms with Crippen LogP contribution in [0.1, 0.15) is 33.6 Å². The minimum absolute atomic E-state index is 0.0257. The monoisotopic (exact) mass is 296 g/mol. The fraction of sp³-hybridized carbons (Fsp3) is 0.938. The van der Waals surface area contributed by atoms with Crippen molar-refractivity contribution in [3.8, 4) is 0 Å². The number of carbonyl (C=O) groups excluding carboxylic acids is 1. The van der Waals surface area contributed by atoms with Crippen molar-refractivity contribution in [1.82, 2.24) is 20.4 Å². The molecule has 2 heterocycles. The van der Waals surface area contributed by atoms with E-state index in [-0.39, 0.29) is 16.9 Å². The van der Waals surface area contributed by atoms with E-state index in [1.165, 1.54) is 0 Å². The van der Waals surface area contributed by atoms with Crippen LogP contribution in [-0.2, 0) is 4.79 Å². The van der Waals surface area contributed by atoms with E-state index >= 15 is 0 Å². The van der Waals surface area contributed by atoms with Crippen LogP contribution < -0.4 is 10.6 Å². The van der Waals surface area contributed by atoms with Gasteiger partial charge >= 0.3 is 0 Å². The van der Waals surface area contributed by atoms with Gasteiger partial charge in [0.25, 0.3) is 0 Å². The van der Waals surface area contributed by atoms with E-state index in [1.54, 1.807) is 0 Å². The first kappa shape index (κ1) is 16.7. The van der Waals surface area contributed by atoms with Gasteiger partial charge in [0, 0.05) is 44.8 Å². The van der Waals surface area contributed by atoms with Crippen LogP contribution in [-0.4, -0.2) is 74.1 Å². The zero-order valence-electron chi connectivity index (χ0n) is 14.2. The molecule has 0 bridgehead atoms. The molecule has 122 valence electrons. The minimum atomic E-state index is -0.182. The van der Waals surface area contributed by atoms with Gasteiger partial charge in [0.05, 0.1) is 5.41 Å². The van der Waals surface area contributed by atoms with E-state index in [2.05, 4.69) is 48.3 Å². The van der Waals surface area contributed by atoms with Crippen molar-refractivity contribution >= 4 is 5.91 Å². The van der Waals surface area contributed by atoms with Gasteiger partial charge in [0.1, 0.15) is 0 Å². The first-order valence-electron chi connectivity index (χ1n) is 8.32. The molecule has 0 aliphatic carbocycles. The lowest BCUT2D eigenvalue weighted by molar-refractivity contribution is -0.131. The normalized spacial score (nSPS) is 28.8. The standard InChI is InChI=1S/C16H32N4O/c1-5-16(6-7-17-13-16)14(21)18-12-15(2,3)20-10-8-19(4)9-11-20/h17H,5-13H2,1-4H3,(H,18,21). The van der Waals surface area contributed by atoms with Crippen LogP contribution in [0.4, 0.5) is 0 Å². The second kappa shape index (κ2) is 6.63. The number of carbonyl (C=O) groups is 1. The van der Waals surface area contributed by atoms with Gasteiger partial charge in [-0.3, -0.25) is 9.69 Å². The number of nitrogens with one attached hydrogen (secondary N) is 2. The zero-order valence-corrected chi connectivity index (χ0v) is 14.2. The van der Waals surface area contributed by atoms with Gasteiger partial charge in [0.2, 0.25) is 5.91 Å². The van der Waals surface area contributed by atoms with E-state index in [0.29, 0.717) is 0 Å². The largest absolute Gasteiger partial charge is 0.354 e. The van der Waals surface area contributed by atoms with Crippen LogP contribution >= 0.6 is 0 Å². The molecule has 5 nitrogen and oxygen atoms in total. The molecule has 0 aromatic carbocycles. The number of hydrogen-bond donors (Lipinski definition) is 2. The molecule has 5 heteroatoms. The van der Waals surface area contributed by atoms with Gasteiger partial charge in [-0.1, -0.05) is 6.92 Å². The van der Waals surface area contributed by atoms with E-state index in [0.717, 1.165) is 58.7 Å². The molecule has 0 radical (unpaired) electrons. The minimum Gasteiger partial charge on any atom is -0.354 e. The van der Waals surface area contributed by atoms with Crippen molar-refractivity contribution in [3.05, 3.63) is 0 Å². The third-order valence-electron chi connectivity index (χ3n) is 5.44. The predicted octanol–water partition coefficient (Wildman–Crippen LogP) is 0.518. The number of piperazine rings is 1. The lowest BCUT2D eigenvalue weighted by Crippen LogP contribution is -2.58. The summed E-state index contributed by atoms with van der Waals surface area (Å²) in [6, 6.07) is 0. The summed E-state index contributed by atoms with van der Waals surface area (Å²) in [4.78, 5) is 17.5. The molecule has 1 atom stereocenters. The Morgan fingerprint density at radius 2 is 1.95 bits per heavy atom. The summed E-state index contributed by atoms with van der Waals surface area (Å²) in [6.45, 7) is 13.5. The summed E-state index contributed by atoms with van der Waals surface area (Å²) in [5, 5.41) is 6.56. The highest BCUT2D eigenvalue weighted by atomic mass is 16.2. The quantitative estimate of drug-likeness (QED) is 0.776. The van der Waals surface area contributed by atoms with Crippen LogP contribution in [0.2, 0.25) is 0 Å². The van der Waals surface area contributed by atoms with Gasteiger partial charge in [-0.25, -0.2) is 0 Å². The summed E-state index contributed by atoms with van der Waals surface area (Å²) in [5.41, 5.74) is -0.157. The Bertz CT molecular complexity index is 355. The molecule has 1 unspecified atom stereocenters. The molecule has 21 heavy (non-hydrogen) atoms. The van der Waals surface area contributed by atoms with Crippen molar-refractivity contribution < 1.29 is 4.79 Å². The Morgan fingerprint density at radius 3 is 2.48 bits per heavy atom. The average Bonchev–Trinajstić information content (AvgIpc) is 2.95. The predicted molar refractivity (Wildman–Crippen MR) is 86.4 cm³/mol. The average molecular weight is 296 g/mol. The first-order chi connectivity index (χ1) is 9.89. The van der Waals surface area contributed by atoms with E-state index in [4.69, 9.17) is 0 Å². The first-order valence-corrected chi connectivity index (χ1v) is 8.32. The molecule has 2 fully saturated rings. The van der Waals surface area contributed by atoms with Gasteiger partial charge in [-0.2, -0.15) is 0 Å². The van der Waals surface area contributed by atoms with Crippen LogP contribution in [0, 0.1) is 5.41 Å². The lowest BCUT2D eigenvalue weighted by atomic mass is 9.83. The molecule has 2 saturated heterocycles. The molecule has 0 aromatic heterocycles. The third kappa shape index (κ3) is 3.76.